The first-order valence-electron chi connectivity index (χ1n) is 7.61. The van der Waals surface area contributed by atoms with E-state index >= 15 is 0 Å². The zero-order valence-corrected chi connectivity index (χ0v) is 15.3. The van der Waals surface area contributed by atoms with Gasteiger partial charge >= 0.3 is 0 Å². The number of halogens is 1. The van der Waals surface area contributed by atoms with Gasteiger partial charge in [-0.25, -0.2) is 12.8 Å². The predicted molar refractivity (Wildman–Crippen MR) is 92.7 cm³/mol. The number of amides is 1. The summed E-state index contributed by atoms with van der Waals surface area (Å²) in [6, 6.07) is 9.74. The van der Waals surface area contributed by atoms with E-state index in [4.69, 9.17) is 9.47 Å². The Hall–Kier alpha value is -2.65. The molecule has 2 aromatic carbocycles. The molecule has 2 N–H and O–H groups in total. The maximum Gasteiger partial charge on any atom is 0.275 e. The number of carbonyl (C=O) groups is 1. The van der Waals surface area contributed by atoms with E-state index in [9.17, 15) is 17.6 Å². The van der Waals surface area contributed by atoms with Crippen LogP contribution in [0.2, 0.25) is 0 Å². The molecule has 0 radical (unpaired) electrons. The standard InChI is InChI=1S/C17H19FN2O5S/c1-11-4-9-15(24-3)16(10-11)26(22,23)20-19-17(21)12(2)25-14-7-5-13(18)6-8-14/h4-10,12,20H,1-3H3,(H,19,21)/t12-/m1/s1. The van der Waals surface area contributed by atoms with Crippen LogP contribution in [0.25, 0.3) is 0 Å². The molecule has 0 aliphatic rings. The summed E-state index contributed by atoms with van der Waals surface area (Å²) in [4.78, 5) is 13.9. The molecule has 1 atom stereocenters. The zero-order chi connectivity index (χ0) is 19.3. The van der Waals surface area contributed by atoms with Crippen molar-refractivity contribution in [3.63, 3.8) is 0 Å². The van der Waals surface area contributed by atoms with Crippen LogP contribution in [0.15, 0.2) is 47.4 Å². The van der Waals surface area contributed by atoms with Gasteiger partial charge in [0.15, 0.2) is 6.10 Å². The van der Waals surface area contributed by atoms with Gasteiger partial charge in [0.2, 0.25) is 0 Å². The van der Waals surface area contributed by atoms with Crippen molar-refractivity contribution < 1.29 is 27.1 Å². The molecule has 0 bridgehead atoms. The van der Waals surface area contributed by atoms with E-state index in [0.717, 1.165) is 0 Å². The Labute approximate surface area is 151 Å². The van der Waals surface area contributed by atoms with Gasteiger partial charge in [-0.05, 0) is 55.8 Å². The second kappa shape index (κ2) is 8.15. The number of ether oxygens (including phenoxy) is 2. The summed E-state index contributed by atoms with van der Waals surface area (Å²) in [5.41, 5.74) is 2.81. The number of hydrazine groups is 1. The molecule has 0 aromatic heterocycles. The lowest BCUT2D eigenvalue weighted by atomic mass is 10.2. The molecule has 2 aromatic rings. The normalized spacial score (nSPS) is 12.3. The third kappa shape index (κ3) is 4.93. The lowest BCUT2D eigenvalue weighted by Crippen LogP contribution is -2.47. The molecule has 0 saturated carbocycles. The summed E-state index contributed by atoms with van der Waals surface area (Å²) in [7, 11) is -2.70. The number of hydrogen-bond donors (Lipinski definition) is 2. The third-order valence-corrected chi connectivity index (χ3v) is 4.68. The van der Waals surface area contributed by atoms with Gasteiger partial charge in [0.05, 0.1) is 7.11 Å². The van der Waals surface area contributed by atoms with Gasteiger partial charge in [-0.1, -0.05) is 6.07 Å². The lowest BCUT2D eigenvalue weighted by molar-refractivity contribution is -0.127. The Morgan fingerprint density at radius 2 is 1.81 bits per heavy atom. The number of carbonyl (C=O) groups excluding carboxylic acids is 1. The number of sulfonamides is 1. The van der Waals surface area contributed by atoms with Gasteiger partial charge in [-0.15, -0.1) is 4.83 Å². The zero-order valence-electron chi connectivity index (χ0n) is 14.4. The fraction of sp³-hybridized carbons (Fsp3) is 0.235. The molecule has 0 spiro atoms. The highest BCUT2D eigenvalue weighted by Crippen LogP contribution is 2.24. The van der Waals surface area contributed by atoms with Crippen LogP contribution < -0.4 is 19.7 Å². The van der Waals surface area contributed by atoms with E-state index in [1.807, 2.05) is 4.83 Å². The summed E-state index contributed by atoms with van der Waals surface area (Å²) in [5, 5.41) is 0. The number of methoxy groups -OCH3 is 1. The quantitative estimate of drug-likeness (QED) is 0.714. The van der Waals surface area contributed by atoms with E-state index in [1.54, 1.807) is 13.0 Å². The molecule has 0 fully saturated rings. The van der Waals surface area contributed by atoms with Crippen molar-refractivity contribution in [3.8, 4) is 11.5 Å². The Balaban J connectivity index is 2.03. The van der Waals surface area contributed by atoms with Crippen molar-refractivity contribution in [2.75, 3.05) is 7.11 Å². The summed E-state index contributed by atoms with van der Waals surface area (Å²) in [6.07, 6.45) is -1.01. The van der Waals surface area contributed by atoms with Gasteiger partial charge in [0.1, 0.15) is 22.2 Å². The molecule has 1 amide bonds. The first kappa shape index (κ1) is 19.7. The van der Waals surface area contributed by atoms with E-state index in [2.05, 4.69) is 5.43 Å². The predicted octanol–water partition coefficient (Wildman–Crippen LogP) is 1.92. The number of benzene rings is 2. The van der Waals surface area contributed by atoms with Crippen LogP contribution in [0.4, 0.5) is 4.39 Å². The molecule has 26 heavy (non-hydrogen) atoms. The fourth-order valence-corrected chi connectivity index (χ4v) is 3.14. The van der Waals surface area contributed by atoms with Crippen molar-refractivity contribution in [2.24, 2.45) is 0 Å². The van der Waals surface area contributed by atoms with E-state index < -0.39 is 27.9 Å². The minimum absolute atomic E-state index is 0.104. The smallest absolute Gasteiger partial charge is 0.275 e. The maximum atomic E-state index is 12.9. The molecule has 0 heterocycles. The summed E-state index contributed by atoms with van der Waals surface area (Å²) >= 11 is 0. The van der Waals surface area contributed by atoms with Crippen LogP contribution >= 0.6 is 0 Å². The molecular weight excluding hydrogens is 363 g/mol. The van der Waals surface area contributed by atoms with Crippen molar-refractivity contribution in [1.82, 2.24) is 10.3 Å². The van der Waals surface area contributed by atoms with Crippen LogP contribution in [0.5, 0.6) is 11.5 Å². The second-order valence-electron chi connectivity index (χ2n) is 5.46. The SMILES string of the molecule is COc1ccc(C)cc1S(=O)(=O)NNC(=O)[C@@H](C)Oc1ccc(F)cc1. The van der Waals surface area contributed by atoms with Crippen molar-refractivity contribution in [3.05, 3.63) is 53.8 Å². The summed E-state index contributed by atoms with van der Waals surface area (Å²) in [6.45, 7) is 3.16. The average molecular weight is 382 g/mol. The topological polar surface area (TPSA) is 93.7 Å². The Bertz CT molecular complexity index is 885. The highest BCUT2D eigenvalue weighted by molar-refractivity contribution is 7.89. The van der Waals surface area contributed by atoms with E-state index in [1.165, 1.54) is 50.4 Å². The van der Waals surface area contributed by atoms with Crippen LogP contribution in [0.1, 0.15) is 12.5 Å². The van der Waals surface area contributed by atoms with Gasteiger partial charge in [0.25, 0.3) is 15.9 Å². The van der Waals surface area contributed by atoms with Gasteiger partial charge in [-0.2, -0.15) is 0 Å². The van der Waals surface area contributed by atoms with E-state index in [0.29, 0.717) is 5.56 Å². The molecule has 0 unspecified atom stereocenters. The average Bonchev–Trinajstić information content (AvgIpc) is 2.61. The molecule has 0 saturated heterocycles. The Morgan fingerprint density at radius 1 is 1.15 bits per heavy atom. The Morgan fingerprint density at radius 3 is 2.42 bits per heavy atom. The first-order valence-corrected chi connectivity index (χ1v) is 9.10. The molecule has 2 rings (SSSR count). The number of hydrogen-bond acceptors (Lipinski definition) is 5. The molecule has 0 aliphatic heterocycles. The highest BCUT2D eigenvalue weighted by Gasteiger charge is 2.22. The number of rotatable bonds is 7. The van der Waals surface area contributed by atoms with Crippen LogP contribution in [0, 0.1) is 12.7 Å². The van der Waals surface area contributed by atoms with Crippen molar-refractivity contribution in [2.45, 2.75) is 24.8 Å². The number of nitrogens with one attached hydrogen (secondary N) is 2. The molecule has 140 valence electrons. The molecule has 7 nitrogen and oxygen atoms in total. The van der Waals surface area contributed by atoms with Gasteiger partial charge < -0.3 is 9.47 Å². The van der Waals surface area contributed by atoms with Crippen LogP contribution in [0.3, 0.4) is 0 Å². The van der Waals surface area contributed by atoms with E-state index in [-0.39, 0.29) is 16.4 Å². The minimum Gasteiger partial charge on any atom is -0.495 e. The third-order valence-electron chi connectivity index (χ3n) is 3.41. The molecule has 9 heteroatoms. The first-order chi connectivity index (χ1) is 12.2. The van der Waals surface area contributed by atoms with Gasteiger partial charge in [-0.3, -0.25) is 10.2 Å². The minimum atomic E-state index is -4.04. The maximum absolute atomic E-state index is 12.9. The van der Waals surface area contributed by atoms with Crippen molar-refractivity contribution in [1.29, 1.82) is 0 Å². The molecule has 0 aliphatic carbocycles. The second-order valence-corrected chi connectivity index (χ2v) is 7.11. The van der Waals surface area contributed by atoms with Crippen LogP contribution in [-0.4, -0.2) is 27.5 Å². The van der Waals surface area contributed by atoms with Crippen molar-refractivity contribution >= 4 is 15.9 Å². The molecular formula is C17H19FN2O5S. The number of aryl methyl sites for hydroxylation is 1. The summed E-state index contributed by atoms with van der Waals surface area (Å²) in [5.74, 6) is -0.732. The lowest BCUT2D eigenvalue weighted by Gasteiger charge is -2.16. The Kier molecular flexibility index (Phi) is 6.17. The largest absolute Gasteiger partial charge is 0.495 e. The highest BCUT2D eigenvalue weighted by atomic mass is 32.2. The fourth-order valence-electron chi connectivity index (χ4n) is 2.04. The van der Waals surface area contributed by atoms with Crippen LogP contribution in [-0.2, 0) is 14.8 Å². The monoisotopic (exact) mass is 382 g/mol. The van der Waals surface area contributed by atoms with Gasteiger partial charge in [0, 0.05) is 0 Å². The summed E-state index contributed by atoms with van der Waals surface area (Å²) < 4.78 is 48.0.